The number of methoxy groups -OCH3 is 1. The first kappa shape index (κ1) is 13.9. The second-order valence-electron chi connectivity index (χ2n) is 3.30. The fourth-order valence-corrected chi connectivity index (χ4v) is 1.62. The van der Waals surface area contributed by atoms with Crippen LogP contribution in [0.2, 0.25) is 0 Å². The molecule has 0 aromatic heterocycles. The average Bonchev–Trinajstić information content (AvgIpc) is 2.22. The van der Waals surface area contributed by atoms with Gasteiger partial charge < -0.3 is 9.84 Å². The summed E-state index contributed by atoms with van der Waals surface area (Å²) in [6, 6.07) is 0. The van der Waals surface area contributed by atoms with Gasteiger partial charge in [-0.25, -0.2) is 4.79 Å². The van der Waals surface area contributed by atoms with Crippen molar-refractivity contribution < 1.29 is 14.6 Å². The second kappa shape index (κ2) is 7.23. The Balaban J connectivity index is 5.20. The third-order valence-corrected chi connectivity index (χ3v) is 2.41. The molecule has 0 fully saturated rings. The van der Waals surface area contributed by atoms with Gasteiger partial charge in [0.05, 0.1) is 11.7 Å². The molecule has 0 aliphatic carbocycles. The molecule has 3 heteroatoms. The van der Waals surface area contributed by atoms with Gasteiger partial charge in [-0.3, -0.25) is 0 Å². The van der Waals surface area contributed by atoms with Crippen LogP contribution >= 0.6 is 0 Å². The topological polar surface area (TPSA) is 46.5 Å². The monoisotopic (exact) mass is 212 g/mol. The van der Waals surface area contributed by atoms with Crippen molar-refractivity contribution in [1.29, 1.82) is 0 Å². The third-order valence-electron chi connectivity index (χ3n) is 2.41. The van der Waals surface area contributed by atoms with Gasteiger partial charge in [0.2, 0.25) is 0 Å². The minimum Gasteiger partial charge on any atom is -0.478 e. The van der Waals surface area contributed by atoms with Crippen LogP contribution in [0.25, 0.3) is 0 Å². The van der Waals surface area contributed by atoms with Crippen LogP contribution < -0.4 is 0 Å². The van der Waals surface area contributed by atoms with Crippen molar-refractivity contribution in [3.05, 3.63) is 23.8 Å². The van der Waals surface area contributed by atoms with Gasteiger partial charge in [-0.1, -0.05) is 25.5 Å². The van der Waals surface area contributed by atoms with Crippen LogP contribution in [0.4, 0.5) is 0 Å². The van der Waals surface area contributed by atoms with Gasteiger partial charge in [-0.15, -0.1) is 6.58 Å². The lowest BCUT2D eigenvalue weighted by molar-refractivity contribution is -0.134. The predicted molar refractivity (Wildman–Crippen MR) is 60.9 cm³/mol. The molecule has 0 saturated heterocycles. The van der Waals surface area contributed by atoms with Gasteiger partial charge in [-0.05, 0) is 19.3 Å². The maximum atomic E-state index is 11.2. The van der Waals surface area contributed by atoms with E-state index in [1.165, 1.54) is 7.11 Å². The molecule has 86 valence electrons. The van der Waals surface area contributed by atoms with Crippen molar-refractivity contribution in [3.63, 3.8) is 0 Å². The molecule has 1 unspecified atom stereocenters. The van der Waals surface area contributed by atoms with E-state index in [0.29, 0.717) is 24.8 Å². The van der Waals surface area contributed by atoms with Gasteiger partial charge >= 0.3 is 5.97 Å². The zero-order valence-corrected chi connectivity index (χ0v) is 9.75. The zero-order chi connectivity index (χ0) is 11.8. The van der Waals surface area contributed by atoms with Crippen molar-refractivity contribution in [2.75, 3.05) is 7.11 Å². The number of carboxylic acid groups (broad SMARTS) is 1. The van der Waals surface area contributed by atoms with E-state index in [4.69, 9.17) is 9.84 Å². The van der Waals surface area contributed by atoms with Gasteiger partial charge in [0, 0.05) is 7.11 Å². The number of hydrogen-bond acceptors (Lipinski definition) is 2. The van der Waals surface area contributed by atoms with Crippen LogP contribution in [-0.2, 0) is 9.53 Å². The van der Waals surface area contributed by atoms with Crippen molar-refractivity contribution >= 4 is 5.97 Å². The molecule has 1 atom stereocenters. The first-order valence-electron chi connectivity index (χ1n) is 5.21. The Labute approximate surface area is 91.4 Å². The maximum absolute atomic E-state index is 11.2. The lowest BCUT2D eigenvalue weighted by Crippen LogP contribution is -2.21. The quantitative estimate of drug-likeness (QED) is 0.521. The van der Waals surface area contributed by atoms with Crippen molar-refractivity contribution in [3.8, 4) is 0 Å². The summed E-state index contributed by atoms with van der Waals surface area (Å²) in [6.45, 7) is 7.50. The highest BCUT2D eigenvalue weighted by molar-refractivity contribution is 5.88. The van der Waals surface area contributed by atoms with Gasteiger partial charge in [-0.2, -0.15) is 0 Å². The van der Waals surface area contributed by atoms with Gasteiger partial charge in [0.25, 0.3) is 0 Å². The molecule has 0 bridgehead atoms. The van der Waals surface area contributed by atoms with E-state index in [9.17, 15) is 4.79 Å². The summed E-state index contributed by atoms with van der Waals surface area (Å²) in [6.07, 6.45) is 3.39. The van der Waals surface area contributed by atoms with Crippen molar-refractivity contribution in [1.82, 2.24) is 0 Å². The Bertz CT molecular complexity index is 250. The molecular weight excluding hydrogens is 192 g/mol. The van der Waals surface area contributed by atoms with E-state index in [-0.39, 0.29) is 6.10 Å². The molecule has 15 heavy (non-hydrogen) atoms. The van der Waals surface area contributed by atoms with Gasteiger partial charge in [0.1, 0.15) is 0 Å². The van der Waals surface area contributed by atoms with E-state index in [2.05, 4.69) is 6.58 Å². The molecule has 0 rings (SSSR count). The Morgan fingerprint density at radius 3 is 2.40 bits per heavy atom. The minimum absolute atomic E-state index is 0.322. The SMILES string of the molecule is C=CCC(CC)=C(C(=O)O)C(CC)OC. The minimum atomic E-state index is -0.887. The van der Waals surface area contributed by atoms with Crippen molar-refractivity contribution in [2.45, 2.75) is 39.2 Å². The summed E-state index contributed by atoms with van der Waals surface area (Å²) in [5.41, 5.74) is 1.29. The number of rotatable bonds is 7. The van der Waals surface area contributed by atoms with Crippen LogP contribution in [0.1, 0.15) is 33.1 Å². The number of carboxylic acids is 1. The van der Waals surface area contributed by atoms with Gasteiger partial charge in [0.15, 0.2) is 0 Å². The number of allylic oxidation sites excluding steroid dienone is 2. The summed E-state index contributed by atoms with van der Waals surface area (Å²) in [7, 11) is 1.54. The Morgan fingerprint density at radius 2 is 2.13 bits per heavy atom. The highest BCUT2D eigenvalue weighted by atomic mass is 16.5. The van der Waals surface area contributed by atoms with Crippen LogP contribution in [0.3, 0.4) is 0 Å². The number of hydrogen-bond donors (Lipinski definition) is 1. The summed E-state index contributed by atoms with van der Waals surface area (Å²) in [5.74, 6) is -0.887. The first-order valence-corrected chi connectivity index (χ1v) is 5.21. The van der Waals surface area contributed by atoms with E-state index in [0.717, 1.165) is 5.57 Å². The van der Waals surface area contributed by atoms with E-state index in [1.807, 2.05) is 13.8 Å². The summed E-state index contributed by atoms with van der Waals surface area (Å²) in [4.78, 5) is 11.2. The third kappa shape index (κ3) is 3.88. The normalized spacial score (nSPS) is 14.3. The summed E-state index contributed by atoms with van der Waals surface area (Å²) in [5, 5.41) is 9.16. The molecular formula is C12H20O3. The number of carbonyl (C=O) groups is 1. The van der Waals surface area contributed by atoms with Crippen LogP contribution in [0.5, 0.6) is 0 Å². The maximum Gasteiger partial charge on any atom is 0.334 e. The van der Waals surface area contributed by atoms with Crippen LogP contribution in [0, 0.1) is 0 Å². The summed E-state index contributed by atoms with van der Waals surface area (Å²) >= 11 is 0. The molecule has 0 amide bonds. The highest BCUT2D eigenvalue weighted by Gasteiger charge is 2.21. The van der Waals surface area contributed by atoms with Crippen molar-refractivity contribution in [2.24, 2.45) is 0 Å². The summed E-state index contributed by atoms with van der Waals surface area (Å²) < 4.78 is 5.18. The standard InChI is InChI=1S/C12H20O3/c1-5-8-9(6-2)11(12(13)14)10(7-3)15-4/h5,10H,1,6-8H2,2-4H3,(H,13,14). The van der Waals surface area contributed by atoms with E-state index in [1.54, 1.807) is 6.08 Å². The fourth-order valence-electron chi connectivity index (χ4n) is 1.62. The zero-order valence-electron chi connectivity index (χ0n) is 9.75. The van der Waals surface area contributed by atoms with Crippen LogP contribution in [0.15, 0.2) is 23.8 Å². The predicted octanol–water partition coefficient (Wildman–Crippen LogP) is 2.78. The number of aliphatic carboxylic acids is 1. The lowest BCUT2D eigenvalue weighted by atomic mass is 9.96. The molecule has 0 heterocycles. The largest absolute Gasteiger partial charge is 0.478 e. The van der Waals surface area contributed by atoms with E-state index < -0.39 is 5.97 Å². The second-order valence-corrected chi connectivity index (χ2v) is 3.30. The Hall–Kier alpha value is -1.09. The molecule has 0 saturated carbocycles. The Kier molecular flexibility index (Phi) is 6.71. The molecule has 0 spiro atoms. The number of ether oxygens (including phenoxy) is 1. The Morgan fingerprint density at radius 1 is 1.53 bits per heavy atom. The molecule has 3 nitrogen and oxygen atoms in total. The fraction of sp³-hybridized carbons (Fsp3) is 0.583. The lowest BCUT2D eigenvalue weighted by Gasteiger charge is -2.17. The molecule has 0 aromatic carbocycles. The molecule has 0 aromatic rings. The smallest absolute Gasteiger partial charge is 0.334 e. The molecule has 1 N–H and O–H groups in total. The first-order chi connectivity index (χ1) is 7.12. The molecule has 0 aliphatic heterocycles. The average molecular weight is 212 g/mol. The molecule has 0 radical (unpaired) electrons. The van der Waals surface area contributed by atoms with E-state index >= 15 is 0 Å². The van der Waals surface area contributed by atoms with Crippen LogP contribution in [-0.4, -0.2) is 24.3 Å². The molecule has 0 aliphatic rings. The highest BCUT2D eigenvalue weighted by Crippen LogP contribution is 2.20.